The number of carbonyl (C=O) groups excluding carboxylic acids is 3. The van der Waals surface area contributed by atoms with E-state index in [0.717, 1.165) is 16.9 Å². The van der Waals surface area contributed by atoms with Crippen molar-refractivity contribution >= 4 is 23.5 Å². The number of carbonyl (C=O) groups is 3. The quantitative estimate of drug-likeness (QED) is 0.522. The normalized spacial score (nSPS) is 16.9. The van der Waals surface area contributed by atoms with Crippen LogP contribution in [0, 0.1) is 0 Å². The Kier molecular flexibility index (Phi) is 6.87. The zero-order valence-corrected chi connectivity index (χ0v) is 20.0. The van der Waals surface area contributed by atoms with E-state index in [4.69, 9.17) is 9.47 Å². The zero-order chi connectivity index (χ0) is 25.0. The number of nitrogens with one attached hydrogen (secondary N) is 1. The van der Waals surface area contributed by atoms with Gasteiger partial charge in [-0.3, -0.25) is 14.5 Å². The van der Waals surface area contributed by atoms with Gasteiger partial charge < -0.3 is 14.8 Å². The molecule has 1 aliphatic rings. The van der Waals surface area contributed by atoms with E-state index in [9.17, 15) is 14.4 Å². The van der Waals surface area contributed by atoms with Crippen LogP contribution in [-0.4, -0.2) is 37.0 Å². The summed E-state index contributed by atoms with van der Waals surface area (Å²) in [5, 5.41) is 2.99. The molecule has 0 bridgehead atoms. The van der Waals surface area contributed by atoms with Gasteiger partial charge in [0.25, 0.3) is 5.91 Å². The van der Waals surface area contributed by atoms with Crippen molar-refractivity contribution in [3.8, 4) is 5.75 Å². The molecule has 0 saturated carbocycles. The minimum Gasteiger partial charge on any atom is -0.497 e. The summed E-state index contributed by atoms with van der Waals surface area (Å²) < 4.78 is 10.3. The molecular weight excluding hydrogens is 444 g/mol. The van der Waals surface area contributed by atoms with Crippen molar-refractivity contribution in [2.75, 3.05) is 18.6 Å². The van der Waals surface area contributed by atoms with Gasteiger partial charge in [0, 0.05) is 24.2 Å². The Balaban J connectivity index is 1.69. The lowest BCUT2D eigenvalue weighted by Gasteiger charge is -2.44. The molecule has 1 atom stereocenters. The number of fused-ring (bicyclic) bond motifs is 1. The third-order valence-electron chi connectivity index (χ3n) is 6.20. The molecule has 3 aromatic carbocycles. The molecule has 180 valence electrons. The van der Waals surface area contributed by atoms with E-state index in [1.54, 1.807) is 57.4 Å². The summed E-state index contributed by atoms with van der Waals surface area (Å²) in [5.74, 6) is -0.341. The highest BCUT2D eigenvalue weighted by Crippen LogP contribution is 2.36. The summed E-state index contributed by atoms with van der Waals surface area (Å²) >= 11 is 0. The minimum atomic E-state index is -1.22. The summed E-state index contributed by atoms with van der Waals surface area (Å²) in [7, 11) is 1.60. The van der Waals surface area contributed by atoms with Crippen molar-refractivity contribution in [2.24, 2.45) is 0 Å². The monoisotopic (exact) mass is 472 g/mol. The molecule has 0 saturated heterocycles. The van der Waals surface area contributed by atoms with E-state index in [1.165, 1.54) is 4.90 Å². The van der Waals surface area contributed by atoms with Gasteiger partial charge in [0.1, 0.15) is 11.3 Å². The number of ether oxygens (including phenoxy) is 2. The Bertz CT molecular complexity index is 1250. The number of hydrogen-bond acceptors (Lipinski definition) is 5. The van der Waals surface area contributed by atoms with Gasteiger partial charge in [0.05, 0.1) is 19.3 Å². The molecule has 0 aromatic heterocycles. The van der Waals surface area contributed by atoms with E-state index in [2.05, 4.69) is 5.32 Å². The average Bonchev–Trinajstić information content (AvgIpc) is 2.88. The van der Waals surface area contributed by atoms with Crippen LogP contribution in [0.15, 0.2) is 72.8 Å². The fourth-order valence-electron chi connectivity index (χ4n) is 4.36. The molecule has 1 N–H and O–H groups in total. The lowest BCUT2D eigenvalue weighted by molar-refractivity contribution is -0.126. The van der Waals surface area contributed by atoms with Crippen LogP contribution in [0.2, 0.25) is 0 Å². The number of nitrogens with zero attached hydrogens (tertiary/aromatic N) is 1. The summed E-state index contributed by atoms with van der Waals surface area (Å²) in [6.45, 7) is 4.02. The van der Waals surface area contributed by atoms with Gasteiger partial charge in [-0.2, -0.15) is 0 Å². The topological polar surface area (TPSA) is 84.9 Å². The third-order valence-corrected chi connectivity index (χ3v) is 6.20. The predicted octanol–water partition coefficient (Wildman–Crippen LogP) is 4.15. The molecule has 0 spiro atoms. The predicted molar refractivity (Wildman–Crippen MR) is 133 cm³/mol. The van der Waals surface area contributed by atoms with Gasteiger partial charge in [0.2, 0.25) is 5.91 Å². The van der Waals surface area contributed by atoms with Crippen molar-refractivity contribution in [1.82, 2.24) is 5.32 Å². The highest BCUT2D eigenvalue weighted by atomic mass is 16.5. The van der Waals surface area contributed by atoms with Crippen LogP contribution in [0.3, 0.4) is 0 Å². The van der Waals surface area contributed by atoms with Crippen molar-refractivity contribution < 1.29 is 23.9 Å². The molecular formula is C28H28N2O5. The number of rotatable bonds is 7. The van der Waals surface area contributed by atoms with E-state index in [-0.39, 0.29) is 18.4 Å². The van der Waals surface area contributed by atoms with Crippen LogP contribution in [0.25, 0.3) is 0 Å². The summed E-state index contributed by atoms with van der Waals surface area (Å²) in [6.07, 6.45) is 0.326. The molecule has 3 aromatic rings. The molecule has 7 heteroatoms. The maximum atomic E-state index is 13.7. The largest absolute Gasteiger partial charge is 0.497 e. The molecule has 0 radical (unpaired) electrons. The second-order valence-corrected chi connectivity index (χ2v) is 8.55. The second-order valence-electron chi connectivity index (χ2n) is 8.55. The second kappa shape index (κ2) is 10.0. The maximum absolute atomic E-state index is 13.7. The van der Waals surface area contributed by atoms with Gasteiger partial charge in [-0.05, 0) is 61.4 Å². The van der Waals surface area contributed by atoms with Crippen LogP contribution in [0.5, 0.6) is 5.75 Å². The minimum absolute atomic E-state index is 0.241. The van der Waals surface area contributed by atoms with E-state index < -0.39 is 11.5 Å². The first-order chi connectivity index (χ1) is 16.9. The lowest BCUT2D eigenvalue weighted by atomic mass is 9.82. The molecule has 0 fully saturated rings. The Hall–Kier alpha value is -4.13. The molecule has 4 rings (SSSR count). The van der Waals surface area contributed by atoms with Crippen LogP contribution in [0.1, 0.15) is 45.7 Å². The Morgan fingerprint density at radius 3 is 2.49 bits per heavy atom. The Morgan fingerprint density at radius 2 is 1.77 bits per heavy atom. The number of amides is 2. The number of benzene rings is 3. The van der Waals surface area contributed by atoms with Gasteiger partial charge >= 0.3 is 5.97 Å². The first-order valence-electron chi connectivity index (χ1n) is 11.5. The molecule has 0 aliphatic carbocycles. The number of esters is 1. The van der Waals surface area contributed by atoms with Crippen molar-refractivity contribution in [3.05, 3.63) is 95.1 Å². The fourth-order valence-corrected chi connectivity index (χ4v) is 4.36. The number of anilines is 1. The highest BCUT2D eigenvalue weighted by molar-refractivity contribution is 6.14. The van der Waals surface area contributed by atoms with E-state index in [1.807, 2.05) is 36.4 Å². The van der Waals surface area contributed by atoms with Crippen LogP contribution < -0.4 is 15.0 Å². The average molecular weight is 473 g/mol. The van der Waals surface area contributed by atoms with Crippen LogP contribution in [0.4, 0.5) is 5.69 Å². The molecule has 1 heterocycles. The van der Waals surface area contributed by atoms with Crippen LogP contribution >= 0.6 is 0 Å². The number of methoxy groups -OCH3 is 1. The highest BCUT2D eigenvalue weighted by Gasteiger charge is 2.47. The first kappa shape index (κ1) is 24.0. The van der Waals surface area contributed by atoms with E-state index >= 15 is 0 Å². The van der Waals surface area contributed by atoms with Gasteiger partial charge in [-0.25, -0.2) is 4.79 Å². The lowest BCUT2D eigenvalue weighted by Crippen LogP contribution is -2.63. The maximum Gasteiger partial charge on any atom is 0.338 e. The van der Waals surface area contributed by atoms with Crippen molar-refractivity contribution in [2.45, 2.75) is 32.4 Å². The summed E-state index contributed by atoms with van der Waals surface area (Å²) in [4.78, 5) is 41.2. The standard InChI is InChI=1S/C28H28N2O5/c1-4-35-26(32)20-9-7-10-22(16-20)30-25(31)24-11-6-5-8-21(24)17-28(30,2)27(33)29-18-19-12-14-23(34-3)15-13-19/h5-16H,4,17-18H2,1-3H3,(H,29,33)/t28-/m1/s1. The van der Waals surface area contributed by atoms with Gasteiger partial charge in [0.15, 0.2) is 0 Å². The first-order valence-corrected chi connectivity index (χ1v) is 11.5. The fraction of sp³-hybridized carbons (Fsp3) is 0.250. The Morgan fingerprint density at radius 1 is 1.03 bits per heavy atom. The Labute approximate surface area is 204 Å². The SMILES string of the molecule is CCOC(=O)c1cccc(N2C(=O)c3ccccc3C[C@]2(C)C(=O)NCc2ccc(OC)cc2)c1. The zero-order valence-electron chi connectivity index (χ0n) is 20.0. The third kappa shape index (κ3) is 4.75. The van der Waals surface area contributed by atoms with E-state index in [0.29, 0.717) is 29.8 Å². The summed E-state index contributed by atoms with van der Waals surface area (Å²) in [6, 6.07) is 21.3. The molecule has 7 nitrogen and oxygen atoms in total. The van der Waals surface area contributed by atoms with Crippen molar-refractivity contribution in [3.63, 3.8) is 0 Å². The van der Waals surface area contributed by atoms with Gasteiger partial charge in [-0.1, -0.05) is 36.4 Å². The number of hydrogen-bond donors (Lipinski definition) is 1. The van der Waals surface area contributed by atoms with Gasteiger partial charge in [-0.15, -0.1) is 0 Å². The smallest absolute Gasteiger partial charge is 0.338 e. The van der Waals surface area contributed by atoms with Crippen molar-refractivity contribution in [1.29, 1.82) is 0 Å². The van der Waals surface area contributed by atoms with Crippen LogP contribution in [-0.2, 0) is 22.5 Å². The molecule has 1 aliphatic heterocycles. The molecule has 35 heavy (non-hydrogen) atoms. The summed E-state index contributed by atoms with van der Waals surface area (Å²) in [5.41, 5.74) is 1.80. The molecule has 0 unspecified atom stereocenters. The molecule has 2 amide bonds.